The largest absolute Gasteiger partial charge is 0.456 e. The zero-order valence-corrected chi connectivity index (χ0v) is 27.1. The highest BCUT2D eigenvalue weighted by molar-refractivity contribution is 6.21. The molecule has 0 atom stereocenters. The number of hydrogen-bond donors (Lipinski definition) is 0. The lowest BCUT2D eigenvalue weighted by molar-refractivity contribution is 0.669. The van der Waals surface area contributed by atoms with Crippen LogP contribution in [0.3, 0.4) is 0 Å². The molecule has 0 unspecified atom stereocenters. The number of fused-ring (bicyclic) bond motifs is 10. The van der Waals surface area contributed by atoms with Crippen molar-refractivity contribution >= 4 is 65.7 Å². The molecule has 0 N–H and O–H groups in total. The van der Waals surface area contributed by atoms with Gasteiger partial charge < -0.3 is 8.83 Å². The van der Waals surface area contributed by atoms with E-state index in [0.717, 1.165) is 87.9 Å². The second kappa shape index (κ2) is 10.7. The predicted molar refractivity (Wildman–Crippen MR) is 205 cm³/mol. The summed E-state index contributed by atoms with van der Waals surface area (Å²) in [5.74, 6) is 1.62. The van der Waals surface area contributed by atoms with E-state index in [4.69, 9.17) is 23.8 Å². The molecule has 0 saturated heterocycles. The van der Waals surface area contributed by atoms with Gasteiger partial charge in [-0.3, -0.25) is 4.57 Å². The van der Waals surface area contributed by atoms with Crippen LogP contribution in [-0.2, 0) is 0 Å². The zero-order chi connectivity index (χ0) is 33.5. The molecule has 4 aromatic heterocycles. The van der Waals surface area contributed by atoms with Gasteiger partial charge >= 0.3 is 0 Å². The van der Waals surface area contributed by atoms with E-state index in [1.807, 2.05) is 66.7 Å². The standard InChI is InChI=1S/C45H26N4O2/c1-3-13-27(14-4-1)35-25-29(26-39-40(35)34-19-9-12-22-38(34)50-39)44-46-43(28-15-5-2-6-16-28)47-45(48-44)49-36-20-10-7-17-30(36)32-23-24-33-31-18-8-11-21-37(31)51-42(33)41(32)49/h1-26H. The van der Waals surface area contributed by atoms with Gasteiger partial charge in [0.25, 0.3) is 0 Å². The van der Waals surface area contributed by atoms with E-state index in [1.165, 1.54) is 0 Å². The number of para-hydroxylation sites is 3. The van der Waals surface area contributed by atoms with Crippen molar-refractivity contribution in [3.63, 3.8) is 0 Å². The van der Waals surface area contributed by atoms with Gasteiger partial charge in [0, 0.05) is 43.4 Å². The first-order valence-electron chi connectivity index (χ1n) is 16.9. The van der Waals surface area contributed by atoms with Gasteiger partial charge in [-0.05, 0) is 47.5 Å². The summed E-state index contributed by atoms with van der Waals surface area (Å²) in [5, 5.41) is 6.40. The second-order valence-corrected chi connectivity index (χ2v) is 12.8. The zero-order valence-electron chi connectivity index (χ0n) is 27.1. The molecule has 11 rings (SSSR count). The van der Waals surface area contributed by atoms with Gasteiger partial charge in [-0.25, -0.2) is 4.98 Å². The van der Waals surface area contributed by atoms with Crippen molar-refractivity contribution in [2.45, 2.75) is 0 Å². The molecule has 7 aromatic carbocycles. The van der Waals surface area contributed by atoms with Crippen LogP contribution in [-0.4, -0.2) is 19.5 Å². The molecular weight excluding hydrogens is 629 g/mol. The summed E-state index contributed by atoms with van der Waals surface area (Å²) >= 11 is 0. The van der Waals surface area contributed by atoms with Gasteiger partial charge in [0.1, 0.15) is 22.3 Å². The number of hydrogen-bond acceptors (Lipinski definition) is 5. The van der Waals surface area contributed by atoms with Crippen molar-refractivity contribution in [3.05, 3.63) is 158 Å². The van der Waals surface area contributed by atoms with E-state index in [0.29, 0.717) is 17.6 Å². The van der Waals surface area contributed by atoms with Gasteiger partial charge in [-0.1, -0.05) is 121 Å². The van der Waals surface area contributed by atoms with Crippen LogP contribution in [0.5, 0.6) is 0 Å². The average molecular weight is 655 g/mol. The lowest BCUT2D eigenvalue weighted by Gasteiger charge is -2.12. The Labute approximate surface area is 290 Å². The molecule has 238 valence electrons. The topological polar surface area (TPSA) is 69.9 Å². The summed E-state index contributed by atoms with van der Waals surface area (Å²) in [6, 6.07) is 53.8. The van der Waals surface area contributed by atoms with E-state index >= 15 is 0 Å². The summed E-state index contributed by atoms with van der Waals surface area (Å²) in [6.07, 6.45) is 0. The Balaban J connectivity index is 1.25. The first kappa shape index (κ1) is 27.9. The number of nitrogens with zero attached hydrogens (tertiary/aromatic N) is 4. The van der Waals surface area contributed by atoms with Crippen LogP contribution in [0.25, 0.3) is 106 Å². The number of furan rings is 2. The minimum absolute atomic E-state index is 0.504. The molecule has 0 fully saturated rings. The molecule has 0 bridgehead atoms. The molecule has 6 nitrogen and oxygen atoms in total. The Kier molecular flexibility index (Phi) is 5.86. The second-order valence-electron chi connectivity index (χ2n) is 12.8. The maximum atomic E-state index is 6.62. The van der Waals surface area contributed by atoms with Crippen LogP contribution in [0.4, 0.5) is 0 Å². The Morgan fingerprint density at radius 2 is 1.02 bits per heavy atom. The first-order valence-corrected chi connectivity index (χ1v) is 16.9. The third-order valence-corrected chi connectivity index (χ3v) is 9.86. The third-order valence-electron chi connectivity index (χ3n) is 9.86. The predicted octanol–water partition coefficient (Wildman–Crippen LogP) is 11.8. The SMILES string of the molecule is c1ccc(-c2nc(-c3cc(-c4ccccc4)c4c(c3)oc3ccccc34)nc(-n3c4ccccc4c4ccc5c6ccccc6oc5c43)n2)cc1. The summed E-state index contributed by atoms with van der Waals surface area (Å²) < 4.78 is 15.3. The summed E-state index contributed by atoms with van der Waals surface area (Å²) in [6.45, 7) is 0. The number of aromatic nitrogens is 4. The van der Waals surface area contributed by atoms with Crippen molar-refractivity contribution in [2.24, 2.45) is 0 Å². The molecule has 0 spiro atoms. The van der Waals surface area contributed by atoms with Crippen LogP contribution in [0, 0.1) is 0 Å². The van der Waals surface area contributed by atoms with Gasteiger partial charge in [-0.15, -0.1) is 0 Å². The quantitative estimate of drug-likeness (QED) is 0.189. The monoisotopic (exact) mass is 654 g/mol. The molecule has 0 aliphatic carbocycles. The molecule has 51 heavy (non-hydrogen) atoms. The highest BCUT2D eigenvalue weighted by atomic mass is 16.3. The fraction of sp³-hybridized carbons (Fsp3) is 0. The van der Waals surface area contributed by atoms with Crippen molar-refractivity contribution in [1.82, 2.24) is 19.5 Å². The fourth-order valence-corrected chi connectivity index (χ4v) is 7.58. The molecule has 0 saturated carbocycles. The average Bonchev–Trinajstić information content (AvgIpc) is 3.88. The lowest BCUT2D eigenvalue weighted by Crippen LogP contribution is -2.06. The highest BCUT2D eigenvalue weighted by Gasteiger charge is 2.23. The van der Waals surface area contributed by atoms with Crippen molar-refractivity contribution in [2.75, 3.05) is 0 Å². The van der Waals surface area contributed by atoms with Crippen molar-refractivity contribution in [3.8, 4) is 39.9 Å². The molecule has 11 aromatic rings. The van der Waals surface area contributed by atoms with Gasteiger partial charge in [0.15, 0.2) is 17.2 Å². The van der Waals surface area contributed by atoms with Gasteiger partial charge in [-0.2, -0.15) is 9.97 Å². The molecular formula is C45H26N4O2. The molecule has 0 aliphatic rings. The van der Waals surface area contributed by atoms with Crippen molar-refractivity contribution < 1.29 is 8.83 Å². The fourth-order valence-electron chi connectivity index (χ4n) is 7.58. The van der Waals surface area contributed by atoms with E-state index in [2.05, 4.69) is 95.6 Å². The number of benzene rings is 7. The maximum absolute atomic E-state index is 6.62. The summed E-state index contributed by atoms with van der Waals surface area (Å²) in [5.41, 5.74) is 9.00. The van der Waals surface area contributed by atoms with E-state index in [9.17, 15) is 0 Å². The van der Waals surface area contributed by atoms with E-state index < -0.39 is 0 Å². The summed E-state index contributed by atoms with van der Waals surface area (Å²) in [7, 11) is 0. The minimum Gasteiger partial charge on any atom is -0.456 e. The Morgan fingerprint density at radius 1 is 0.412 bits per heavy atom. The van der Waals surface area contributed by atoms with E-state index in [1.54, 1.807) is 0 Å². The third kappa shape index (κ3) is 4.20. The normalized spacial score (nSPS) is 11.9. The molecule has 4 heterocycles. The smallest absolute Gasteiger partial charge is 0.238 e. The van der Waals surface area contributed by atoms with Gasteiger partial charge in [0.2, 0.25) is 5.95 Å². The Hall–Kier alpha value is -7.05. The van der Waals surface area contributed by atoms with Crippen LogP contribution in [0.1, 0.15) is 0 Å². The number of rotatable bonds is 4. The maximum Gasteiger partial charge on any atom is 0.238 e. The summed E-state index contributed by atoms with van der Waals surface area (Å²) in [4.78, 5) is 15.6. The van der Waals surface area contributed by atoms with Crippen molar-refractivity contribution in [1.29, 1.82) is 0 Å². The van der Waals surface area contributed by atoms with Gasteiger partial charge in [0.05, 0.1) is 5.52 Å². The molecule has 0 radical (unpaired) electrons. The van der Waals surface area contributed by atoms with Crippen LogP contribution in [0.2, 0.25) is 0 Å². The Bertz CT molecular complexity index is 3140. The highest BCUT2D eigenvalue weighted by Crippen LogP contribution is 2.42. The van der Waals surface area contributed by atoms with Crippen LogP contribution < -0.4 is 0 Å². The molecule has 6 heteroatoms. The van der Waals surface area contributed by atoms with Crippen LogP contribution >= 0.6 is 0 Å². The molecule has 0 aliphatic heterocycles. The minimum atomic E-state index is 0.504. The first-order chi connectivity index (χ1) is 25.3. The molecule has 0 amide bonds. The van der Waals surface area contributed by atoms with Crippen LogP contribution in [0.15, 0.2) is 167 Å². The van der Waals surface area contributed by atoms with E-state index in [-0.39, 0.29) is 0 Å². The Morgan fingerprint density at radius 3 is 1.80 bits per heavy atom. The lowest BCUT2D eigenvalue weighted by atomic mass is 9.97.